The fourth-order valence-electron chi connectivity index (χ4n) is 5.31. The second-order valence-corrected chi connectivity index (χ2v) is 11.7. The standard InChI is InChI=1S/C30H28ClF2N3O.C5H12/c1-3-24(21-7-6-8-23(31)18-21)25-12-11-22(17-19(25)2)29(37)35-15-13-20(14-16-35)28-34-26-9-4-5-10-27(26)36(28)30(32)33;1-4-5(2)3/h3-12,17-18,20,30H,13-16H2,1-2H3;5H,4H2,1-3H3/b24-3-;. The summed E-state index contributed by atoms with van der Waals surface area (Å²) >= 11 is 6.20. The van der Waals surface area contributed by atoms with Crippen LogP contribution in [0.2, 0.25) is 5.02 Å². The van der Waals surface area contributed by atoms with E-state index in [9.17, 15) is 13.6 Å². The predicted molar refractivity (Wildman–Crippen MR) is 169 cm³/mol. The summed E-state index contributed by atoms with van der Waals surface area (Å²) in [7, 11) is 0. The van der Waals surface area contributed by atoms with Crippen LogP contribution < -0.4 is 0 Å². The largest absolute Gasteiger partial charge is 0.339 e. The minimum atomic E-state index is -2.66. The van der Waals surface area contributed by atoms with Crippen LogP contribution in [0, 0.1) is 12.8 Å². The van der Waals surface area contributed by atoms with Gasteiger partial charge in [-0.2, -0.15) is 8.78 Å². The summed E-state index contributed by atoms with van der Waals surface area (Å²) < 4.78 is 28.8. The number of halogens is 3. The van der Waals surface area contributed by atoms with Gasteiger partial charge in [-0.15, -0.1) is 0 Å². The number of imidazole rings is 1. The highest BCUT2D eigenvalue weighted by atomic mass is 35.5. The number of alkyl halides is 2. The maximum atomic E-state index is 13.9. The molecule has 42 heavy (non-hydrogen) atoms. The summed E-state index contributed by atoms with van der Waals surface area (Å²) in [6.45, 7) is 8.98. The van der Waals surface area contributed by atoms with Gasteiger partial charge in [0.2, 0.25) is 0 Å². The highest BCUT2D eigenvalue weighted by molar-refractivity contribution is 6.30. The van der Waals surface area contributed by atoms with E-state index in [4.69, 9.17) is 11.6 Å². The summed E-state index contributed by atoms with van der Waals surface area (Å²) in [5, 5.41) is 0.675. The quantitative estimate of drug-likeness (QED) is 0.224. The van der Waals surface area contributed by atoms with Gasteiger partial charge in [-0.3, -0.25) is 9.36 Å². The van der Waals surface area contributed by atoms with Crippen molar-refractivity contribution >= 4 is 34.1 Å². The van der Waals surface area contributed by atoms with Gasteiger partial charge in [0, 0.05) is 29.6 Å². The van der Waals surface area contributed by atoms with Crippen molar-refractivity contribution in [3.8, 4) is 0 Å². The van der Waals surface area contributed by atoms with Crippen LogP contribution in [0.25, 0.3) is 16.6 Å². The van der Waals surface area contributed by atoms with E-state index >= 15 is 0 Å². The number of amides is 1. The number of hydrogen-bond donors (Lipinski definition) is 0. The molecule has 222 valence electrons. The van der Waals surface area contributed by atoms with Crippen molar-refractivity contribution in [2.75, 3.05) is 13.1 Å². The number of nitrogens with zero attached hydrogens (tertiary/aromatic N) is 3. The maximum absolute atomic E-state index is 13.9. The molecule has 0 atom stereocenters. The lowest BCUT2D eigenvalue weighted by atomic mass is 9.92. The Bertz CT molecular complexity index is 1550. The molecule has 3 aromatic carbocycles. The number of piperidine rings is 1. The molecule has 4 nitrogen and oxygen atoms in total. The molecule has 1 amide bonds. The van der Waals surface area contributed by atoms with Gasteiger partial charge in [0.05, 0.1) is 11.0 Å². The third-order valence-electron chi connectivity index (χ3n) is 7.97. The van der Waals surface area contributed by atoms with Crippen molar-refractivity contribution in [3.63, 3.8) is 0 Å². The lowest BCUT2D eigenvalue weighted by Crippen LogP contribution is -2.38. The zero-order chi connectivity index (χ0) is 30.4. The lowest BCUT2D eigenvalue weighted by molar-refractivity contribution is 0.0634. The smallest absolute Gasteiger partial charge is 0.320 e. The Labute approximate surface area is 253 Å². The molecule has 0 spiro atoms. The highest BCUT2D eigenvalue weighted by Crippen LogP contribution is 2.34. The summed E-state index contributed by atoms with van der Waals surface area (Å²) in [4.78, 5) is 19.7. The number of benzene rings is 3. The summed E-state index contributed by atoms with van der Waals surface area (Å²) in [5.74, 6) is 1.13. The molecule has 7 heteroatoms. The average Bonchev–Trinajstić information content (AvgIpc) is 3.38. The van der Waals surface area contributed by atoms with Crippen molar-refractivity contribution in [3.05, 3.63) is 106 Å². The molecule has 0 radical (unpaired) electrons. The van der Waals surface area contributed by atoms with Crippen molar-refractivity contribution in [2.45, 2.75) is 66.3 Å². The first-order valence-corrected chi connectivity index (χ1v) is 15.1. The zero-order valence-electron chi connectivity index (χ0n) is 25.1. The first kappa shape index (κ1) is 31.4. The molecular formula is C35H40ClF2N3O. The van der Waals surface area contributed by atoms with Gasteiger partial charge in [0.25, 0.3) is 5.91 Å². The van der Waals surface area contributed by atoms with Crippen LogP contribution in [0.5, 0.6) is 0 Å². The van der Waals surface area contributed by atoms with Crippen LogP contribution in [0.3, 0.4) is 0 Å². The van der Waals surface area contributed by atoms with Crippen molar-refractivity contribution in [1.29, 1.82) is 0 Å². The Morgan fingerprint density at radius 2 is 1.71 bits per heavy atom. The van der Waals surface area contributed by atoms with E-state index in [1.165, 1.54) is 6.42 Å². The van der Waals surface area contributed by atoms with Gasteiger partial charge >= 0.3 is 6.55 Å². The molecule has 5 rings (SSSR count). The topological polar surface area (TPSA) is 38.1 Å². The van der Waals surface area contributed by atoms with Crippen LogP contribution in [-0.4, -0.2) is 33.4 Å². The number of aromatic nitrogens is 2. The Kier molecular flexibility index (Phi) is 10.6. The van der Waals surface area contributed by atoms with Gasteiger partial charge in [0.1, 0.15) is 5.82 Å². The van der Waals surface area contributed by atoms with Gasteiger partial charge < -0.3 is 4.90 Å². The van der Waals surface area contributed by atoms with Crippen molar-refractivity contribution in [1.82, 2.24) is 14.5 Å². The van der Waals surface area contributed by atoms with Crippen molar-refractivity contribution < 1.29 is 13.6 Å². The number of hydrogen-bond acceptors (Lipinski definition) is 2. The normalized spacial score (nSPS) is 14.4. The summed E-state index contributed by atoms with van der Waals surface area (Å²) in [5.41, 5.74) is 5.77. The Hall–Kier alpha value is -3.51. The van der Waals surface area contributed by atoms with Crippen LogP contribution in [0.15, 0.2) is 72.8 Å². The number of likely N-dealkylation sites (tertiary alicyclic amines) is 1. The number of carbonyl (C=O) groups is 1. The van der Waals surface area contributed by atoms with Gasteiger partial charge in [-0.05, 0) is 91.3 Å². The number of aryl methyl sites for hydroxylation is 1. The van der Waals surface area contributed by atoms with E-state index in [1.807, 2.05) is 67.3 Å². The van der Waals surface area contributed by atoms with E-state index in [0.29, 0.717) is 53.4 Å². The van der Waals surface area contributed by atoms with E-state index in [0.717, 1.165) is 32.7 Å². The van der Waals surface area contributed by atoms with Crippen molar-refractivity contribution in [2.24, 2.45) is 5.92 Å². The van der Waals surface area contributed by atoms with E-state index < -0.39 is 6.55 Å². The Balaban J connectivity index is 0.000000748. The summed E-state index contributed by atoms with van der Waals surface area (Å²) in [6.07, 6.45) is 4.54. The first-order valence-electron chi connectivity index (χ1n) is 14.7. The van der Waals surface area contributed by atoms with E-state index in [-0.39, 0.29) is 11.8 Å². The monoisotopic (exact) mass is 591 g/mol. The maximum Gasteiger partial charge on any atom is 0.320 e. The molecule has 1 aliphatic rings. The predicted octanol–water partition coefficient (Wildman–Crippen LogP) is 9.92. The second-order valence-electron chi connectivity index (χ2n) is 11.2. The van der Waals surface area contributed by atoms with Gasteiger partial charge in [-0.25, -0.2) is 4.98 Å². The lowest BCUT2D eigenvalue weighted by Gasteiger charge is -2.32. The molecular weight excluding hydrogens is 552 g/mol. The molecule has 0 saturated carbocycles. The van der Waals surface area contributed by atoms with Crippen LogP contribution in [-0.2, 0) is 0 Å². The Morgan fingerprint density at radius 3 is 2.31 bits per heavy atom. The fourth-order valence-corrected chi connectivity index (χ4v) is 5.50. The molecule has 0 aliphatic carbocycles. The van der Waals surface area contributed by atoms with E-state index in [1.54, 1.807) is 24.3 Å². The van der Waals surface area contributed by atoms with Crippen LogP contribution >= 0.6 is 11.6 Å². The van der Waals surface area contributed by atoms with Crippen LogP contribution in [0.1, 0.15) is 92.3 Å². The number of rotatable bonds is 6. The van der Waals surface area contributed by atoms with Gasteiger partial charge in [0.15, 0.2) is 0 Å². The molecule has 1 aliphatic heterocycles. The molecule has 0 N–H and O–H groups in total. The SMILES string of the molecule is C/C=C(/c1cccc(Cl)c1)c1ccc(C(=O)N2CCC(c3nc4ccccc4n3C(F)F)CC2)cc1C.CCC(C)C. The second kappa shape index (κ2) is 14.1. The zero-order valence-corrected chi connectivity index (χ0v) is 25.8. The number of carbonyl (C=O) groups excluding carboxylic acids is 1. The third-order valence-corrected chi connectivity index (χ3v) is 8.21. The molecule has 1 saturated heterocycles. The number of fused-ring (bicyclic) bond motifs is 1. The van der Waals surface area contributed by atoms with E-state index in [2.05, 4.69) is 25.8 Å². The van der Waals surface area contributed by atoms with Gasteiger partial charge in [-0.1, -0.05) is 75.2 Å². The highest BCUT2D eigenvalue weighted by Gasteiger charge is 2.30. The first-order chi connectivity index (χ1) is 20.1. The molecule has 0 bridgehead atoms. The molecule has 1 fully saturated rings. The average molecular weight is 592 g/mol. The third kappa shape index (κ3) is 7.09. The minimum Gasteiger partial charge on any atom is -0.339 e. The molecule has 4 aromatic rings. The Morgan fingerprint density at radius 1 is 1.02 bits per heavy atom. The molecule has 1 aromatic heterocycles. The number of allylic oxidation sites excluding steroid dienone is 1. The number of para-hydroxylation sites is 2. The fraction of sp³-hybridized carbons (Fsp3) is 0.371. The molecule has 0 unspecified atom stereocenters. The summed E-state index contributed by atoms with van der Waals surface area (Å²) in [6, 6.07) is 20.5. The minimum absolute atomic E-state index is 0.0414. The molecule has 2 heterocycles. The van der Waals surface area contributed by atoms with Crippen LogP contribution in [0.4, 0.5) is 8.78 Å².